The van der Waals surface area contributed by atoms with Crippen molar-refractivity contribution < 1.29 is 4.74 Å². The van der Waals surface area contributed by atoms with E-state index >= 15 is 0 Å². The quantitative estimate of drug-likeness (QED) is 0.732. The summed E-state index contributed by atoms with van der Waals surface area (Å²) in [7, 11) is 0. The van der Waals surface area contributed by atoms with Crippen LogP contribution >= 0.6 is 11.8 Å². The summed E-state index contributed by atoms with van der Waals surface area (Å²) in [5.74, 6) is 1.22. The Bertz CT molecular complexity index is 342. The van der Waals surface area contributed by atoms with Crippen molar-refractivity contribution in [2.24, 2.45) is 0 Å². The minimum Gasteiger partial charge on any atom is -0.378 e. The molecule has 0 N–H and O–H groups in total. The van der Waals surface area contributed by atoms with E-state index in [4.69, 9.17) is 4.74 Å². The van der Waals surface area contributed by atoms with E-state index in [0.717, 1.165) is 26.3 Å². The van der Waals surface area contributed by atoms with Gasteiger partial charge >= 0.3 is 0 Å². The number of morpholine rings is 1. The standard InChI is InChI=1S/C11H16N2OS/c1-3-13-10(4-5-11(13)15-2)12-6-8-14-9-7-12/h3-5H,1,6-9H2,2H3. The molecule has 1 saturated heterocycles. The molecule has 0 saturated carbocycles. The normalized spacial score (nSPS) is 16.7. The van der Waals surface area contributed by atoms with Crippen LogP contribution in [-0.4, -0.2) is 37.1 Å². The fourth-order valence-electron chi connectivity index (χ4n) is 1.82. The maximum Gasteiger partial charge on any atom is 0.113 e. The van der Waals surface area contributed by atoms with Crippen LogP contribution in [-0.2, 0) is 4.74 Å². The summed E-state index contributed by atoms with van der Waals surface area (Å²) in [4.78, 5) is 2.34. The summed E-state index contributed by atoms with van der Waals surface area (Å²) in [5, 5.41) is 1.23. The highest BCUT2D eigenvalue weighted by molar-refractivity contribution is 7.98. The number of aromatic nitrogens is 1. The van der Waals surface area contributed by atoms with Gasteiger partial charge in [0.2, 0.25) is 0 Å². The van der Waals surface area contributed by atoms with Gasteiger partial charge in [-0.15, -0.1) is 11.8 Å². The third-order valence-electron chi connectivity index (χ3n) is 2.59. The third-order valence-corrected chi connectivity index (χ3v) is 3.34. The molecule has 1 aromatic heterocycles. The van der Waals surface area contributed by atoms with Gasteiger partial charge < -0.3 is 9.64 Å². The van der Waals surface area contributed by atoms with Crippen LogP contribution in [0.3, 0.4) is 0 Å². The molecule has 1 aromatic rings. The summed E-state index contributed by atoms with van der Waals surface area (Å²) < 4.78 is 7.48. The molecule has 0 spiro atoms. The highest BCUT2D eigenvalue weighted by Crippen LogP contribution is 2.26. The lowest BCUT2D eigenvalue weighted by atomic mass is 10.4. The van der Waals surface area contributed by atoms with Crippen molar-refractivity contribution in [3.63, 3.8) is 0 Å². The van der Waals surface area contributed by atoms with Gasteiger partial charge in [-0.05, 0) is 18.4 Å². The number of rotatable bonds is 3. The van der Waals surface area contributed by atoms with E-state index in [0.29, 0.717) is 0 Å². The highest BCUT2D eigenvalue weighted by atomic mass is 32.2. The van der Waals surface area contributed by atoms with Gasteiger partial charge in [-0.2, -0.15) is 0 Å². The Kier molecular flexibility index (Phi) is 3.38. The summed E-state index contributed by atoms with van der Waals surface area (Å²) >= 11 is 1.74. The number of thioether (sulfide) groups is 1. The lowest BCUT2D eigenvalue weighted by Crippen LogP contribution is -2.37. The maximum atomic E-state index is 5.35. The summed E-state index contributed by atoms with van der Waals surface area (Å²) in [5.41, 5.74) is 0. The zero-order valence-electron chi connectivity index (χ0n) is 8.98. The number of ether oxygens (including phenoxy) is 1. The Morgan fingerprint density at radius 3 is 2.73 bits per heavy atom. The second-order valence-corrected chi connectivity index (χ2v) is 4.21. The van der Waals surface area contributed by atoms with Gasteiger partial charge in [-0.25, -0.2) is 0 Å². The minimum atomic E-state index is 0.816. The van der Waals surface area contributed by atoms with Crippen molar-refractivity contribution in [2.75, 3.05) is 37.5 Å². The highest BCUT2D eigenvalue weighted by Gasteiger charge is 2.15. The molecule has 4 heteroatoms. The lowest BCUT2D eigenvalue weighted by Gasteiger charge is -2.29. The van der Waals surface area contributed by atoms with Crippen molar-refractivity contribution in [3.05, 3.63) is 18.7 Å². The van der Waals surface area contributed by atoms with Crippen LogP contribution < -0.4 is 4.90 Å². The molecule has 82 valence electrons. The fourth-order valence-corrected chi connectivity index (χ4v) is 2.39. The average molecular weight is 224 g/mol. The van der Waals surface area contributed by atoms with E-state index in [1.54, 1.807) is 11.8 Å². The Hall–Kier alpha value is -0.870. The lowest BCUT2D eigenvalue weighted by molar-refractivity contribution is 0.122. The van der Waals surface area contributed by atoms with Gasteiger partial charge in [0.15, 0.2) is 0 Å². The Balaban J connectivity index is 2.25. The Morgan fingerprint density at radius 1 is 1.40 bits per heavy atom. The van der Waals surface area contributed by atoms with Crippen molar-refractivity contribution in [3.8, 4) is 0 Å². The molecular weight excluding hydrogens is 208 g/mol. The van der Waals surface area contributed by atoms with Crippen LogP contribution in [0.15, 0.2) is 23.7 Å². The van der Waals surface area contributed by atoms with Crippen LogP contribution in [0.5, 0.6) is 0 Å². The van der Waals surface area contributed by atoms with Crippen LogP contribution in [0.2, 0.25) is 0 Å². The van der Waals surface area contributed by atoms with E-state index in [1.807, 2.05) is 6.20 Å². The van der Waals surface area contributed by atoms with E-state index in [2.05, 4.69) is 34.4 Å². The van der Waals surface area contributed by atoms with Crippen LogP contribution in [0, 0.1) is 0 Å². The molecule has 0 atom stereocenters. The van der Waals surface area contributed by atoms with Crippen LogP contribution in [0.1, 0.15) is 0 Å². The number of anilines is 1. The second-order valence-electron chi connectivity index (χ2n) is 3.39. The van der Waals surface area contributed by atoms with Crippen LogP contribution in [0.4, 0.5) is 5.82 Å². The van der Waals surface area contributed by atoms with Gasteiger partial charge in [-0.3, -0.25) is 4.57 Å². The third kappa shape index (κ3) is 2.06. The first-order valence-electron chi connectivity index (χ1n) is 5.07. The van der Waals surface area contributed by atoms with Crippen molar-refractivity contribution >= 4 is 23.8 Å². The van der Waals surface area contributed by atoms with E-state index < -0.39 is 0 Å². The van der Waals surface area contributed by atoms with Gasteiger partial charge in [-0.1, -0.05) is 6.58 Å². The summed E-state index contributed by atoms with van der Waals surface area (Å²) in [6.07, 6.45) is 3.95. The first-order valence-corrected chi connectivity index (χ1v) is 6.29. The van der Waals surface area contributed by atoms with Crippen molar-refractivity contribution in [2.45, 2.75) is 5.03 Å². The SMILES string of the molecule is C=Cn1c(SC)ccc1N1CCOCC1. The number of hydrogen-bond donors (Lipinski definition) is 0. The van der Waals surface area contributed by atoms with E-state index in [9.17, 15) is 0 Å². The Labute approximate surface area is 94.7 Å². The summed E-state index contributed by atoms with van der Waals surface area (Å²) in [6.45, 7) is 7.42. The molecule has 15 heavy (non-hydrogen) atoms. The average Bonchev–Trinajstić information content (AvgIpc) is 2.72. The van der Waals surface area contributed by atoms with Gasteiger partial charge in [0.05, 0.1) is 18.2 Å². The minimum absolute atomic E-state index is 0.816. The number of nitrogens with zero attached hydrogens (tertiary/aromatic N) is 2. The first kappa shape index (κ1) is 10.6. The molecule has 3 nitrogen and oxygen atoms in total. The smallest absolute Gasteiger partial charge is 0.113 e. The molecule has 0 aromatic carbocycles. The van der Waals surface area contributed by atoms with E-state index in [1.165, 1.54) is 10.8 Å². The second kappa shape index (κ2) is 4.77. The fraction of sp³-hybridized carbons (Fsp3) is 0.455. The maximum absolute atomic E-state index is 5.35. The zero-order valence-corrected chi connectivity index (χ0v) is 9.80. The predicted octanol–water partition coefficient (Wildman–Crippen LogP) is 2.15. The molecule has 0 bridgehead atoms. The van der Waals surface area contributed by atoms with Crippen molar-refractivity contribution in [1.82, 2.24) is 4.57 Å². The molecular formula is C11H16N2OS. The molecule has 0 radical (unpaired) electrons. The molecule has 0 unspecified atom stereocenters. The molecule has 1 aliphatic rings. The monoisotopic (exact) mass is 224 g/mol. The number of hydrogen-bond acceptors (Lipinski definition) is 3. The van der Waals surface area contributed by atoms with Crippen LogP contribution in [0.25, 0.3) is 6.20 Å². The van der Waals surface area contributed by atoms with Gasteiger partial charge in [0.1, 0.15) is 5.82 Å². The summed E-state index contributed by atoms with van der Waals surface area (Å²) in [6, 6.07) is 4.29. The topological polar surface area (TPSA) is 17.4 Å². The molecule has 0 aliphatic carbocycles. The van der Waals surface area contributed by atoms with Gasteiger partial charge in [0, 0.05) is 19.3 Å². The van der Waals surface area contributed by atoms with E-state index in [-0.39, 0.29) is 0 Å². The molecule has 1 aliphatic heterocycles. The molecule has 2 rings (SSSR count). The molecule has 0 amide bonds. The van der Waals surface area contributed by atoms with Gasteiger partial charge in [0.25, 0.3) is 0 Å². The largest absolute Gasteiger partial charge is 0.378 e. The van der Waals surface area contributed by atoms with Crippen molar-refractivity contribution in [1.29, 1.82) is 0 Å². The molecule has 2 heterocycles. The predicted molar refractivity (Wildman–Crippen MR) is 65.6 cm³/mol. The zero-order chi connectivity index (χ0) is 10.7. The Morgan fingerprint density at radius 2 is 2.13 bits per heavy atom. The first-order chi connectivity index (χ1) is 7.36. The molecule has 1 fully saturated rings.